The first kappa shape index (κ1) is 96.2. The number of fused-ring (bicyclic) bond motifs is 4. The Morgan fingerprint density at radius 3 is 0.913 bits per heavy atom. The second-order valence-electron chi connectivity index (χ2n) is 37.6. The fraction of sp³-hybridized carbons (Fsp3) is 0.373. The molecule has 5 saturated carbocycles. The van der Waals surface area contributed by atoms with E-state index < -0.39 is 93.3 Å². The van der Waals surface area contributed by atoms with E-state index in [2.05, 4.69) is 50.0 Å². The van der Waals surface area contributed by atoms with Gasteiger partial charge in [-0.2, -0.15) is 22.3 Å². The normalized spacial score (nSPS) is 22.3. The molecule has 36 heteroatoms. The van der Waals surface area contributed by atoms with Crippen LogP contribution in [0.25, 0.3) is 45.0 Å². The smallest absolute Gasteiger partial charge is 0.243 e. The minimum absolute atomic E-state index is 0.00629. The third-order valence-corrected chi connectivity index (χ3v) is 36.1. The van der Waals surface area contributed by atoms with Crippen LogP contribution in [0.4, 0.5) is 22.0 Å². The summed E-state index contributed by atoms with van der Waals surface area (Å²) >= 11 is 0. The standard InChI is InChI=1S/C27H27FN4O3S.C25H25F2N3O3S.2C25H25FN4O3S/c1-16-29-13-20(14-30-16)25-12-18(24(15-31-25)17-2-3-17)4-9-26(33)27-19-10-22(11-19)32(27)36(34,35)23-7-5-21(28)6-8-23;1-15-9-23(29(2)28-15)17-10-16(11-20(27)12-17)3-8-24(31)25-18-13-21(14-18)30(25)34(32,33)22-6-4-19(26)5-7-22;2*1-15-12-29-23(19-13-27-16(2)28-14-19)11-17(15)3-8-24(31)25-18-9-21(10-18)30(25)34(32,33)22-6-4-20(26)5-7-22/h5-8,12-15,17,19,22,27H,2-4,9-11H2,1H3;4-7,9-12,18,21,25H,3,8,13-14H2,1-2H3;2*4-7,11-14,18,21,25H,3,8-10H2,1-2H3/t19?,22?,27-;3*18?,21?,25-/m0000/s1. The zero-order valence-corrected chi connectivity index (χ0v) is 80.1. The lowest BCUT2D eigenvalue weighted by atomic mass is 9.81. The van der Waals surface area contributed by atoms with Gasteiger partial charge in [0.05, 0.1) is 72.2 Å². The monoisotopic (exact) mass is 1950 g/mol. The van der Waals surface area contributed by atoms with Gasteiger partial charge >= 0.3 is 0 Å². The van der Waals surface area contributed by atoms with Gasteiger partial charge in [-0.1, -0.05) is 0 Å². The molecule has 0 radical (unpaired) electrons. The molecular formula is C102H102F5N15O12S4. The third kappa shape index (κ3) is 19.8. The molecule has 5 aromatic carbocycles. The van der Waals surface area contributed by atoms with Crippen LogP contribution < -0.4 is 0 Å². The number of carbonyl (C=O) groups is 4. The number of Topliss-reactive ketones (excluding diaryl/α,β-unsaturated/α-hetero) is 4. The molecule has 8 saturated heterocycles. The highest BCUT2D eigenvalue weighted by molar-refractivity contribution is 7.90. The molecule has 716 valence electrons. The minimum Gasteiger partial charge on any atom is -0.298 e. The Kier molecular flexibility index (Phi) is 27.2. The molecule has 13 fully saturated rings. The molecule has 0 spiro atoms. The molecule has 0 amide bonds. The molecular weight excluding hydrogens is 1850 g/mol. The van der Waals surface area contributed by atoms with Gasteiger partial charge in [0, 0.05) is 135 Å². The van der Waals surface area contributed by atoms with Crippen LogP contribution >= 0.6 is 0 Å². The first-order valence-corrected chi connectivity index (χ1v) is 52.0. The number of aromatic nitrogens is 11. The fourth-order valence-electron chi connectivity index (χ4n) is 20.7. The van der Waals surface area contributed by atoms with Gasteiger partial charge in [-0.25, -0.2) is 85.5 Å². The summed E-state index contributed by atoms with van der Waals surface area (Å²) < 4.78 is 181. The number of ketones is 4. The fourth-order valence-corrected chi connectivity index (χ4v) is 28.2. The van der Waals surface area contributed by atoms with E-state index in [0.717, 1.165) is 134 Å². The van der Waals surface area contributed by atoms with Crippen molar-refractivity contribution in [2.75, 3.05) is 0 Å². The van der Waals surface area contributed by atoms with Crippen LogP contribution in [0.15, 0.2) is 215 Å². The number of benzene rings is 5. The van der Waals surface area contributed by atoms with Gasteiger partial charge in [0.15, 0.2) is 23.1 Å². The van der Waals surface area contributed by atoms with Gasteiger partial charge < -0.3 is 0 Å². The van der Waals surface area contributed by atoms with Gasteiger partial charge in [0.2, 0.25) is 40.1 Å². The van der Waals surface area contributed by atoms with Crippen molar-refractivity contribution in [2.45, 2.75) is 231 Å². The van der Waals surface area contributed by atoms with E-state index in [4.69, 9.17) is 0 Å². The summed E-state index contributed by atoms with van der Waals surface area (Å²) in [6.07, 6.45) is 26.2. The van der Waals surface area contributed by atoms with Gasteiger partial charge in [0.25, 0.3) is 0 Å². The molecule has 4 atom stereocenters. The summed E-state index contributed by atoms with van der Waals surface area (Å²) in [5, 5.41) is 4.30. The molecule has 25 rings (SSSR count). The maximum atomic E-state index is 14.4. The van der Waals surface area contributed by atoms with Crippen molar-refractivity contribution >= 4 is 63.2 Å². The van der Waals surface area contributed by atoms with Crippen LogP contribution in [0.1, 0.15) is 158 Å². The van der Waals surface area contributed by atoms with Gasteiger partial charge in [0.1, 0.15) is 46.6 Å². The first-order chi connectivity index (χ1) is 65.9. The van der Waals surface area contributed by atoms with Crippen molar-refractivity contribution in [1.82, 2.24) is 71.9 Å². The lowest BCUT2D eigenvalue weighted by molar-refractivity contribution is -0.123. The highest BCUT2D eigenvalue weighted by Gasteiger charge is 2.62. The zero-order valence-electron chi connectivity index (χ0n) is 76.8. The molecule has 8 aliphatic heterocycles. The first-order valence-electron chi connectivity index (χ1n) is 46.3. The van der Waals surface area contributed by atoms with Crippen LogP contribution in [0.2, 0.25) is 0 Å². The average Bonchev–Trinajstić information content (AvgIpc) is 1.58. The second kappa shape index (κ2) is 39.0. The summed E-state index contributed by atoms with van der Waals surface area (Å²) in [5.41, 5.74) is 13.7. The van der Waals surface area contributed by atoms with Crippen LogP contribution in [-0.2, 0) is 92.0 Å². The molecule has 0 N–H and O–H groups in total. The average molecular weight is 1950 g/mol. The Balaban J connectivity index is 0.000000122. The minimum atomic E-state index is -3.92. The number of carbonyl (C=O) groups excluding carboxylic acids is 4. The third-order valence-electron chi connectivity index (χ3n) is 28.3. The van der Waals surface area contributed by atoms with Crippen molar-refractivity contribution in [2.24, 2.45) is 30.7 Å². The SMILES string of the molecule is Cc1cc(-c2cc(F)cc(CCC(=O)[C@@H]3C4CC(C4)N3S(=O)(=O)c3ccc(F)cc3)c2)n(C)n1.Cc1ncc(-c2cc(CCC(=O)[C@@H]3C4CC(C4)N3S(=O)(=O)c3ccc(F)cc3)c(C)cn2)cn1.Cc1ncc(-c2cc(CCC(=O)[C@@H]3C4CC(C4)N3S(=O)(=O)c3ccc(F)cc3)c(C)cn2)cn1.Cc1ncc(-c2cc(CCC(=O)[C@@H]3C4CC(C4)N3S(=O)(=O)c3ccc(F)cc3)c(C3CC3)cn2)cn1. The number of pyridine rings is 3. The Morgan fingerprint density at radius 1 is 0.326 bits per heavy atom. The largest absolute Gasteiger partial charge is 0.298 e. The maximum absolute atomic E-state index is 14.4. The molecule has 13 aliphatic rings. The van der Waals surface area contributed by atoms with Gasteiger partial charge in [-0.05, 0) is 339 Å². The van der Waals surface area contributed by atoms with Gasteiger partial charge in [-0.3, -0.25) is 38.8 Å². The molecule has 15 heterocycles. The second-order valence-corrected chi connectivity index (χ2v) is 44.9. The van der Waals surface area contributed by atoms with Crippen molar-refractivity contribution in [3.05, 3.63) is 286 Å². The Labute approximate surface area is 797 Å². The van der Waals surface area contributed by atoms with Crippen molar-refractivity contribution in [3.8, 4) is 45.0 Å². The highest BCUT2D eigenvalue weighted by atomic mass is 32.2. The molecule has 12 aromatic rings. The van der Waals surface area contributed by atoms with Crippen LogP contribution in [-0.4, -0.2) is 177 Å². The quantitative estimate of drug-likeness (QED) is 0.0393. The number of hydrogen-bond acceptors (Lipinski definition) is 22. The number of nitrogens with zero attached hydrogens (tertiary/aromatic N) is 15. The molecule has 0 unspecified atom stereocenters. The van der Waals surface area contributed by atoms with E-state index in [9.17, 15) is 74.8 Å². The van der Waals surface area contributed by atoms with Crippen molar-refractivity contribution < 1.29 is 74.8 Å². The lowest BCUT2D eigenvalue weighted by Gasteiger charge is -2.25. The van der Waals surface area contributed by atoms with Crippen LogP contribution in [0, 0.1) is 94.3 Å². The van der Waals surface area contributed by atoms with E-state index >= 15 is 0 Å². The number of sulfonamides is 4. The predicted octanol–water partition coefficient (Wildman–Crippen LogP) is 15.5. The number of aryl methyl sites for hydroxylation is 11. The van der Waals surface area contributed by atoms with E-state index in [1.807, 2.05) is 78.1 Å². The summed E-state index contributed by atoms with van der Waals surface area (Å²) in [4.78, 5) is 92.3. The topological polar surface area (TPSA) is 352 Å². The molecule has 138 heavy (non-hydrogen) atoms. The molecule has 8 bridgehead atoms. The number of halogens is 5. The van der Waals surface area contributed by atoms with E-state index in [1.54, 1.807) is 61.3 Å². The molecule has 27 nitrogen and oxygen atoms in total. The predicted molar refractivity (Wildman–Crippen MR) is 501 cm³/mol. The highest BCUT2D eigenvalue weighted by Crippen LogP contribution is 2.54. The van der Waals surface area contributed by atoms with Crippen molar-refractivity contribution in [1.29, 1.82) is 0 Å². The number of hydrogen-bond donors (Lipinski definition) is 0. The van der Waals surface area contributed by atoms with E-state index in [1.165, 1.54) is 83.4 Å². The summed E-state index contributed by atoms with van der Waals surface area (Å²) in [6.45, 7) is 11.2. The van der Waals surface area contributed by atoms with Crippen molar-refractivity contribution in [3.63, 3.8) is 0 Å². The Hall–Kier alpha value is -12.0. The number of rotatable bonds is 29. The Bertz CT molecular complexity index is 6950. The lowest BCUT2D eigenvalue weighted by Crippen LogP contribution is -2.41. The molecule has 5 aliphatic carbocycles. The van der Waals surface area contributed by atoms with E-state index in [0.29, 0.717) is 112 Å². The summed E-state index contributed by atoms with van der Waals surface area (Å²) in [5.74, 6) is -0.124. The maximum Gasteiger partial charge on any atom is 0.243 e. The van der Waals surface area contributed by atoms with Gasteiger partial charge in [-0.15, -0.1) is 0 Å². The summed E-state index contributed by atoms with van der Waals surface area (Å²) in [6, 6.07) is 28.2. The summed E-state index contributed by atoms with van der Waals surface area (Å²) in [7, 11) is -13.7. The van der Waals surface area contributed by atoms with Crippen LogP contribution in [0.3, 0.4) is 0 Å². The van der Waals surface area contributed by atoms with Crippen LogP contribution in [0.5, 0.6) is 0 Å². The zero-order chi connectivity index (χ0) is 97.3. The molecule has 7 aromatic heterocycles. The van der Waals surface area contributed by atoms with E-state index in [-0.39, 0.29) is 116 Å². The Morgan fingerprint density at radius 2 is 0.616 bits per heavy atom.